The molecule has 0 amide bonds. The highest BCUT2D eigenvalue weighted by Gasteiger charge is 2.50. The van der Waals surface area contributed by atoms with Gasteiger partial charge in [0.15, 0.2) is 6.29 Å². The van der Waals surface area contributed by atoms with E-state index in [1.54, 1.807) is 14.0 Å². The maximum atomic E-state index is 12.7. The van der Waals surface area contributed by atoms with Gasteiger partial charge in [-0.2, -0.15) is 0 Å². The fourth-order valence-corrected chi connectivity index (χ4v) is 3.97. The number of nitrogens with one attached hydrogen (secondary N) is 1. The average Bonchev–Trinajstić information content (AvgIpc) is 2.61. The van der Waals surface area contributed by atoms with Gasteiger partial charge in [-0.1, -0.05) is 26.7 Å². The summed E-state index contributed by atoms with van der Waals surface area (Å²) >= 11 is 0. The summed E-state index contributed by atoms with van der Waals surface area (Å²) in [5.41, 5.74) is 6.66. The van der Waals surface area contributed by atoms with Gasteiger partial charge in [-0.15, -0.1) is 0 Å². The molecule has 1 aliphatic heterocycles. The molecule has 2 rings (SSSR count). The topological polar surface area (TPSA) is 119 Å². The maximum Gasteiger partial charge on any atom is 0.276 e. The number of fused-ring (bicyclic) bond motifs is 1. The van der Waals surface area contributed by atoms with E-state index in [-0.39, 0.29) is 17.4 Å². The number of hydrogen-bond donors (Lipinski definition) is 2. The number of nitrogens with zero attached hydrogens (tertiary/aromatic N) is 2. The molecule has 1 aromatic carbocycles. The lowest BCUT2D eigenvalue weighted by Crippen LogP contribution is -2.64. The second kappa shape index (κ2) is 7.31. The number of benzene rings is 1. The molecule has 2 unspecified atom stereocenters. The van der Waals surface area contributed by atoms with Crippen molar-refractivity contribution in [1.29, 1.82) is 0 Å². The smallest absolute Gasteiger partial charge is 0.276 e. The number of rotatable bonds is 7. The molecule has 2 atom stereocenters. The molecule has 1 heterocycles. The van der Waals surface area contributed by atoms with E-state index in [1.807, 2.05) is 18.7 Å². The second-order valence-corrected chi connectivity index (χ2v) is 6.83. The van der Waals surface area contributed by atoms with Gasteiger partial charge in [0, 0.05) is 13.1 Å². The minimum absolute atomic E-state index is 0.0603. The summed E-state index contributed by atoms with van der Waals surface area (Å²) in [4.78, 5) is 36.9. The molecule has 0 radical (unpaired) electrons. The van der Waals surface area contributed by atoms with Gasteiger partial charge in [-0.25, -0.2) is 0 Å². The molecular weight excluding hydrogens is 336 g/mol. The summed E-state index contributed by atoms with van der Waals surface area (Å²) in [5.74, 6) is -0.522. The normalized spacial score (nSPS) is 21.7. The van der Waals surface area contributed by atoms with Crippen molar-refractivity contribution in [3.8, 4) is 0 Å². The van der Waals surface area contributed by atoms with E-state index >= 15 is 0 Å². The van der Waals surface area contributed by atoms with Crippen LogP contribution >= 0.6 is 0 Å². The number of carbonyl (C=O) groups excluding carboxylic acids is 2. The van der Waals surface area contributed by atoms with Crippen molar-refractivity contribution in [2.24, 2.45) is 0 Å². The lowest BCUT2D eigenvalue weighted by Gasteiger charge is -2.50. The number of aldehydes is 1. The van der Waals surface area contributed by atoms with Crippen molar-refractivity contribution >= 4 is 34.8 Å². The first-order valence-electron chi connectivity index (χ1n) is 8.83. The van der Waals surface area contributed by atoms with Crippen molar-refractivity contribution in [1.82, 2.24) is 0 Å². The van der Waals surface area contributed by atoms with Gasteiger partial charge in [0.25, 0.3) is 5.69 Å². The van der Waals surface area contributed by atoms with Crippen LogP contribution in [0.4, 0.5) is 22.7 Å². The number of ketones is 1. The molecule has 0 aromatic heterocycles. The fourth-order valence-electron chi connectivity index (χ4n) is 3.97. The summed E-state index contributed by atoms with van der Waals surface area (Å²) in [5, 5.41) is 14.6. The molecule has 0 saturated carbocycles. The van der Waals surface area contributed by atoms with Crippen molar-refractivity contribution < 1.29 is 14.5 Å². The summed E-state index contributed by atoms with van der Waals surface area (Å²) in [6, 6.07) is 1.18. The highest BCUT2D eigenvalue weighted by Crippen LogP contribution is 2.47. The lowest BCUT2D eigenvalue weighted by atomic mass is 9.76. The van der Waals surface area contributed by atoms with Gasteiger partial charge in [0.1, 0.15) is 5.54 Å². The van der Waals surface area contributed by atoms with Gasteiger partial charge in [-0.3, -0.25) is 19.7 Å². The summed E-state index contributed by atoms with van der Waals surface area (Å²) in [6.07, 6.45) is 2.98. The summed E-state index contributed by atoms with van der Waals surface area (Å²) < 4.78 is 0. The molecule has 1 aromatic rings. The average molecular weight is 362 g/mol. The maximum absolute atomic E-state index is 12.7. The van der Waals surface area contributed by atoms with Gasteiger partial charge in [-0.05, 0) is 19.8 Å². The zero-order valence-electron chi connectivity index (χ0n) is 15.7. The van der Waals surface area contributed by atoms with Crippen LogP contribution in [0.15, 0.2) is 6.07 Å². The van der Waals surface area contributed by atoms with Gasteiger partial charge in [0.05, 0.1) is 33.6 Å². The van der Waals surface area contributed by atoms with Crippen molar-refractivity contribution in [3.05, 3.63) is 21.7 Å². The summed E-state index contributed by atoms with van der Waals surface area (Å²) in [6.45, 7) is 5.53. The number of Topliss-reactive ketones (excluding diaryl/α,β-unsaturated/α-hetero) is 1. The van der Waals surface area contributed by atoms with E-state index in [0.29, 0.717) is 42.5 Å². The van der Waals surface area contributed by atoms with E-state index < -0.39 is 16.2 Å². The molecule has 0 saturated heterocycles. The molecular formula is C18H26N4O4. The summed E-state index contributed by atoms with van der Waals surface area (Å²) in [7, 11) is 1.79. The number of nitro groups is 1. The Morgan fingerprint density at radius 3 is 2.62 bits per heavy atom. The Hall–Kier alpha value is -2.64. The number of carbonyl (C=O) groups is 2. The largest absolute Gasteiger partial charge is 0.397 e. The molecule has 0 bridgehead atoms. The van der Waals surface area contributed by atoms with Gasteiger partial charge < -0.3 is 16.0 Å². The molecule has 142 valence electrons. The minimum atomic E-state index is -1.09. The zero-order chi connectivity index (χ0) is 19.6. The first kappa shape index (κ1) is 19.7. The van der Waals surface area contributed by atoms with Crippen molar-refractivity contribution in [3.63, 3.8) is 0 Å². The number of nitro benzene ring substituents is 1. The molecule has 26 heavy (non-hydrogen) atoms. The van der Waals surface area contributed by atoms with Crippen molar-refractivity contribution in [2.45, 2.75) is 58.0 Å². The number of nitrogens with two attached hydrogens (primary N) is 1. The lowest BCUT2D eigenvalue weighted by molar-refractivity contribution is -0.385. The quantitative estimate of drug-likeness (QED) is 0.252. The Morgan fingerprint density at radius 2 is 2.12 bits per heavy atom. The Balaban J connectivity index is 2.76. The van der Waals surface area contributed by atoms with E-state index in [4.69, 9.17) is 5.73 Å². The van der Waals surface area contributed by atoms with Crippen LogP contribution in [0.2, 0.25) is 0 Å². The van der Waals surface area contributed by atoms with Crippen LogP contribution in [-0.4, -0.2) is 35.6 Å². The monoisotopic (exact) mass is 362 g/mol. The van der Waals surface area contributed by atoms with Gasteiger partial charge >= 0.3 is 0 Å². The molecule has 3 N–H and O–H groups in total. The number of anilines is 3. The Labute approximate surface area is 152 Å². The molecule has 8 nitrogen and oxygen atoms in total. The van der Waals surface area contributed by atoms with E-state index in [0.717, 1.165) is 6.42 Å². The zero-order valence-corrected chi connectivity index (χ0v) is 15.7. The Bertz CT molecular complexity index is 749. The fraction of sp³-hybridized carbons (Fsp3) is 0.556. The number of nitrogen functional groups attached to an aromatic ring is 1. The molecule has 0 spiro atoms. The van der Waals surface area contributed by atoms with Crippen LogP contribution in [0.5, 0.6) is 0 Å². The minimum Gasteiger partial charge on any atom is -0.397 e. The molecule has 0 fully saturated rings. The first-order chi connectivity index (χ1) is 12.2. The highest BCUT2D eigenvalue weighted by molar-refractivity contribution is 6.31. The first-order valence-corrected chi connectivity index (χ1v) is 8.83. The third kappa shape index (κ3) is 2.89. The van der Waals surface area contributed by atoms with E-state index in [1.165, 1.54) is 6.07 Å². The Kier molecular flexibility index (Phi) is 5.53. The van der Waals surface area contributed by atoms with E-state index in [2.05, 4.69) is 5.32 Å². The predicted molar refractivity (Wildman–Crippen MR) is 102 cm³/mol. The van der Waals surface area contributed by atoms with Crippen LogP contribution in [0.3, 0.4) is 0 Å². The number of likely N-dealkylation sites (N-methyl/N-ethyl adjacent to an activating group) is 1. The second-order valence-electron chi connectivity index (χ2n) is 6.83. The predicted octanol–water partition coefficient (Wildman–Crippen LogP) is 2.82. The van der Waals surface area contributed by atoms with Crippen LogP contribution < -0.4 is 16.0 Å². The highest BCUT2D eigenvalue weighted by atomic mass is 16.6. The van der Waals surface area contributed by atoms with Crippen LogP contribution in [0, 0.1) is 17.0 Å². The van der Waals surface area contributed by atoms with Gasteiger partial charge in [0.2, 0.25) is 5.78 Å². The van der Waals surface area contributed by atoms with Crippen LogP contribution in [-0.2, 0) is 9.59 Å². The third-order valence-electron chi connectivity index (χ3n) is 5.30. The SMILES string of the molecule is CCCC1N(C)c2cc([N+](=O)[O-])c(C)c(N)c2NC1(CCC)C(=O)C=O. The van der Waals surface area contributed by atoms with Crippen LogP contribution in [0.25, 0.3) is 0 Å². The van der Waals surface area contributed by atoms with Crippen LogP contribution in [0.1, 0.15) is 45.1 Å². The molecule has 8 heteroatoms. The molecule has 1 aliphatic rings. The van der Waals surface area contributed by atoms with Crippen molar-refractivity contribution in [2.75, 3.05) is 23.0 Å². The third-order valence-corrected chi connectivity index (χ3v) is 5.30. The molecule has 0 aliphatic carbocycles. The van der Waals surface area contributed by atoms with E-state index in [9.17, 15) is 19.7 Å². The standard InChI is InChI=1S/C18H26N4O4/c1-5-7-14-18(8-6-2,15(24)10-23)20-17-13(21(14)4)9-12(22(25)26)11(3)16(17)19/h9-10,14,20H,5-8,19H2,1-4H3. The Morgan fingerprint density at radius 1 is 1.46 bits per heavy atom. The number of hydrogen-bond acceptors (Lipinski definition) is 7.